The van der Waals surface area contributed by atoms with Crippen molar-refractivity contribution in [1.82, 2.24) is 24.4 Å². The fraction of sp³-hybridized carbons (Fsp3) is 0.409. The molecule has 0 radical (unpaired) electrons. The molecule has 156 valence electrons. The molecular formula is C22H25N5O3. The Balaban J connectivity index is 1.44. The minimum absolute atomic E-state index is 0.0548. The monoisotopic (exact) mass is 407 g/mol. The summed E-state index contributed by atoms with van der Waals surface area (Å²) >= 11 is 0. The van der Waals surface area contributed by atoms with E-state index in [2.05, 4.69) is 15.0 Å². The van der Waals surface area contributed by atoms with Gasteiger partial charge in [-0.25, -0.2) is 9.50 Å². The van der Waals surface area contributed by atoms with E-state index in [9.17, 15) is 9.90 Å². The molecule has 0 saturated carbocycles. The van der Waals surface area contributed by atoms with Gasteiger partial charge in [-0.2, -0.15) is 5.10 Å². The Morgan fingerprint density at radius 1 is 1.10 bits per heavy atom. The van der Waals surface area contributed by atoms with Crippen molar-refractivity contribution >= 4 is 11.6 Å². The molecule has 3 aromatic rings. The van der Waals surface area contributed by atoms with Crippen LogP contribution < -0.4 is 0 Å². The number of carbonyl (C=O) groups is 1. The summed E-state index contributed by atoms with van der Waals surface area (Å²) in [5.41, 5.74) is 1.16. The standard InChI is InChI=1S/C22H25N5O3/c28-21(17-6-7-20-23-16-24-27(20)14-17)26-9-8-22(29,18-4-2-1-3-5-18)19(15-26)25-10-12-30-13-11-25/h1-7,14,16,19,29H,8-13,15H2/t19-,22+/m1/s1. The Kier molecular flexibility index (Phi) is 4.98. The van der Waals surface area contributed by atoms with Crippen LogP contribution in [0.1, 0.15) is 22.3 Å². The van der Waals surface area contributed by atoms with E-state index in [1.54, 1.807) is 22.8 Å². The number of likely N-dealkylation sites (tertiary alicyclic amines) is 1. The predicted molar refractivity (Wildman–Crippen MR) is 110 cm³/mol. The summed E-state index contributed by atoms with van der Waals surface area (Å²) in [5, 5.41) is 15.9. The molecule has 5 rings (SSSR count). The largest absolute Gasteiger partial charge is 0.383 e. The molecule has 2 atom stereocenters. The van der Waals surface area contributed by atoms with Gasteiger partial charge in [0, 0.05) is 32.4 Å². The second kappa shape index (κ2) is 7.79. The second-order valence-electron chi connectivity index (χ2n) is 7.94. The number of piperidine rings is 1. The van der Waals surface area contributed by atoms with Crippen molar-refractivity contribution < 1.29 is 14.6 Å². The number of morpholine rings is 1. The highest BCUT2D eigenvalue weighted by Gasteiger charge is 2.47. The van der Waals surface area contributed by atoms with E-state index < -0.39 is 5.60 Å². The van der Waals surface area contributed by atoms with Gasteiger partial charge >= 0.3 is 0 Å². The number of hydrogen-bond acceptors (Lipinski definition) is 6. The number of carbonyl (C=O) groups excluding carboxylic acids is 1. The number of rotatable bonds is 3. The van der Waals surface area contributed by atoms with E-state index in [1.807, 2.05) is 35.2 Å². The fourth-order valence-corrected chi connectivity index (χ4v) is 4.60. The van der Waals surface area contributed by atoms with Crippen LogP contribution in [0.4, 0.5) is 0 Å². The van der Waals surface area contributed by atoms with Gasteiger partial charge in [-0.05, 0) is 24.1 Å². The number of ether oxygens (including phenoxy) is 1. The van der Waals surface area contributed by atoms with Gasteiger partial charge in [-0.3, -0.25) is 9.69 Å². The van der Waals surface area contributed by atoms with Gasteiger partial charge in [-0.1, -0.05) is 30.3 Å². The molecule has 8 nitrogen and oxygen atoms in total. The van der Waals surface area contributed by atoms with Crippen LogP contribution in [0.2, 0.25) is 0 Å². The van der Waals surface area contributed by atoms with E-state index in [0.29, 0.717) is 43.9 Å². The molecular weight excluding hydrogens is 382 g/mol. The molecule has 1 N–H and O–H groups in total. The third-order valence-electron chi connectivity index (χ3n) is 6.28. The van der Waals surface area contributed by atoms with Gasteiger partial charge in [0.05, 0.1) is 24.8 Å². The average molecular weight is 407 g/mol. The number of pyridine rings is 1. The van der Waals surface area contributed by atoms with Crippen molar-refractivity contribution in [3.05, 3.63) is 66.1 Å². The van der Waals surface area contributed by atoms with Crippen molar-refractivity contribution in [3.63, 3.8) is 0 Å². The molecule has 0 bridgehead atoms. The molecule has 2 aliphatic rings. The molecule has 4 heterocycles. The summed E-state index contributed by atoms with van der Waals surface area (Å²) in [5.74, 6) is -0.0548. The molecule has 1 amide bonds. The quantitative estimate of drug-likeness (QED) is 0.702. The number of aliphatic hydroxyl groups is 1. The molecule has 8 heteroatoms. The van der Waals surface area contributed by atoms with E-state index in [1.165, 1.54) is 6.33 Å². The Morgan fingerprint density at radius 3 is 2.70 bits per heavy atom. The zero-order valence-corrected chi connectivity index (χ0v) is 16.7. The van der Waals surface area contributed by atoms with Gasteiger partial charge in [0.15, 0.2) is 5.65 Å². The maximum atomic E-state index is 13.3. The smallest absolute Gasteiger partial charge is 0.255 e. The van der Waals surface area contributed by atoms with E-state index >= 15 is 0 Å². The minimum Gasteiger partial charge on any atom is -0.383 e. The van der Waals surface area contributed by atoms with Crippen LogP contribution in [0, 0.1) is 0 Å². The van der Waals surface area contributed by atoms with Gasteiger partial charge in [-0.15, -0.1) is 0 Å². The molecule has 2 saturated heterocycles. The maximum absolute atomic E-state index is 13.3. The highest BCUT2D eigenvalue weighted by atomic mass is 16.5. The van der Waals surface area contributed by atoms with E-state index in [0.717, 1.165) is 18.7 Å². The summed E-state index contributed by atoms with van der Waals surface area (Å²) in [4.78, 5) is 21.5. The van der Waals surface area contributed by atoms with Crippen molar-refractivity contribution in [1.29, 1.82) is 0 Å². The van der Waals surface area contributed by atoms with Crippen LogP contribution in [-0.2, 0) is 10.3 Å². The van der Waals surface area contributed by atoms with E-state index in [4.69, 9.17) is 4.74 Å². The number of hydrogen-bond donors (Lipinski definition) is 1. The maximum Gasteiger partial charge on any atom is 0.255 e. The highest BCUT2D eigenvalue weighted by Crippen LogP contribution is 2.36. The SMILES string of the molecule is O=C(c1ccc2ncnn2c1)N1CC[C@](O)(c2ccccc2)[C@H](N2CCOCC2)C1. The van der Waals surface area contributed by atoms with Crippen molar-refractivity contribution in [2.75, 3.05) is 39.4 Å². The van der Waals surface area contributed by atoms with Crippen molar-refractivity contribution in [2.24, 2.45) is 0 Å². The van der Waals surface area contributed by atoms with Crippen LogP contribution >= 0.6 is 0 Å². The van der Waals surface area contributed by atoms with Crippen molar-refractivity contribution in [3.8, 4) is 0 Å². The molecule has 0 spiro atoms. The molecule has 2 aliphatic heterocycles. The Morgan fingerprint density at radius 2 is 1.90 bits per heavy atom. The van der Waals surface area contributed by atoms with Crippen LogP contribution in [0.5, 0.6) is 0 Å². The fourth-order valence-electron chi connectivity index (χ4n) is 4.60. The van der Waals surface area contributed by atoms with Crippen LogP contribution in [0.25, 0.3) is 5.65 Å². The number of fused-ring (bicyclic) bond motifs is 1. The summed E-state index contributed by atoms with van der Waals surface area (Å²) < 4.78 is 7.13. The molecule has 1 aromatic carbocycles. The Hall–Kier alpha value is -2.81. The first-order valence-corrected chi connectivity index (χ1v) is 10.3. The second-order valence-corrected chi connectivity index (χ2v) is 7.94. The summed E-state index contributed by atoms with van der Waals surface area (Å²) in [7, 11) is 0. The first kappa shape index (κ1) is 19.2. The van der Waals surface area contributed by atoms with Crippen LogP contribution in [0.3, 0.4) is 0 Å². The third kappa shape index (κ3) is 3.36. The van der Waals surface area contributed by atoms with Gasteiger partial charge in [0.25, 0.3) is 5.91 Å². The summed E-state index contributed by atoms with van der Waals surface area (Å²) in [6, 6.07) is 13.2. The number of amides is 1. The Bertz CT molecular complexity index is 1030. The van der Waals surface area contributed by atoms with Gasteiger partial charge in [0.1, 0.15) is 11.9 Å². The average Bonchev–Trinajstić information content (AvgIpc) is 3.28. The molecule has 2 fully saturated rings. The lowest BCUT2D eigenvalue weighted by molar-refractivity contribution is -0.112. The first-order valence-electron chi connectivity index (χ1n) is 10.3. The predicted octanol–water partition coefficient (Wildman–Crippen LogP) is 1.16. The lowest BCUT2D eigenvalue weighted by atomic mass is 9.79. The van der Waals surface area contributed by atoms with Crippen molar-refractivity contribution in [2.45, 2.75) is 18.1 Å². The number of benzene rings is 1. The lowest BCUT2D eigenvalue weighted by Gasteiger charge is -2.50. The molecule has 2 aromatic heterocycles. The molecule has 30 heavy (non-hydrogen) atoms. The highest BCUT2D eigenvalue weighted by molar-refractivity contribution is 5.94. The normalized spacial score (nSPS) is 25.5. The zero-order chi connectivity index (χ0) is 20.6. The Labute approximate surface area is 174 Å². The number of nitrogens with zero attached hydrogens (tertiary/aromatic N) is 5. The number of aromatic nitrogens is 3. The zero-order valence-electron chi connectivity index (χ0n) is 16.7. The summed E-state index contributed by atoms with van der Waals surface area (Å²) in [6.45, 7) is 3.70. The third-order valence-corrected chi connectivity index (χ3v) is 6.28. The van der Waals surface area contributed by atoms with Crippen LogP contribution in [-0.4, -0.2) is 80.8 Å². The lowest BCUT2D eigenvalue weighted by Crippen LogP contribution is -2.63. The topological polar surface area (TPSA) is 83.2 Å². The van der Waals surface area contributed by atoms with Gasteiger partial charge in [0.2, 0.25) is 0 Å². The summed E-state index contributed by atoms with van der Waals surface area (Å²) in [6.07, 6.45) is 3.67. The molecule has 0 aliphatic carbocycles. The minimum atomic E-state index is -1.01. The van der Waals surface area contributed by atoms with E-state index in [-0.39, 0.29) is 11.9 Å². The first-order chi connectivity index (χ1) is 14.6. The molecule has 0 unspecified atom stereocenters. The van der Waals surface area contributed by atoms with Gasteiger partial charge < -0.3 is 14.7 Å². The van der Waals surface area contributed by atoms with Crippen LogP contribution in [0.15, 0.2) is 55.0 Å².